The number of aliphatic hydroxyl groups excluding tert-OH is 1. The van der Waals surface area contributed by atoms with Crippen LogP contribution in [0.2, 0.25) is 0 Å². The minimum absolute atomic E-state index is 0.0120. The van der Waals surface area contributed by atoms with Crippen molar-refractivity contribution in [3.05, 3.63) is 47.5 Å². The van der Waals surface area contributed by atoms with E-state index in [1.807, 2.05) is 30.3 Å². The lowest BCUT2D eigenvalue weighted by molar-refractivity contribution is -0.117. The van der Waals surface area contributed by atoms with Crippen LogP contribution in [0.1, 0.15) is 18.4 Å². The van der Waals surface area contributed by atoms with Crippen LogP contribution in [0.5, 0.6) is 0 Å². The van der Waals surface area contributed by atoms with Gasteiger partial charge in [-0.2, -0.15) is 0 Å². The van der Waals surface area contributed by atoms with Crippen LogP contribution in [0.15, 0.2) is 42.0 Å². The topological polar surface area (TPSA) is 46.5 Å². The van der Waals surface area contributed by atoms with Gasteiger partial charge in [0, 0.05) is 6.42 Å². The largest absolute Gasteiger partial charge is 0.392 e. The van der Waals surface area contributed by atoms with Crippen LogP contribution in [-0.4, -0.2) is 23.6 Å². The Hall–Kier alpha value is -1.45. The molecule has 0 spiro atoms. The van der Waals surface area contributed by atoms with Gasteiger partial charge >= 0.3 is 0 Å². The average molecular weight is 232 g/mol. The van der Waals surface area contributed by atoms with Crippen molar-refractivity contribution in [2.45, 2.75) is 25.6 Å². The number of benzene rings is 1. The van der Waals surface area contributed by atoms with Crippen molar-refractivity contribution in [2.24, 2.45) is 0 Å². The summed E-state index contributed by atoms with van der Waals surface area (Å²) in [4.78, 5) is 11.2. The minimum atomic E-state index is -0.539. The predicted molar refractivity (Wildman–Crippen MR) is 64.4 cm³/mol. The zero-order valence-corrected chi connectivity index (χ0v) is 9.63. The monoisotopic (exact) mass is 232 g/mol. The van der Waals surface area contributed by atoms with Crippen LogP contribution < -0.4 is 0 Å². The molecule has 0 aromatic heterocycles. The first-order valence-corrected chi connectivity index (χ1v) is 5.76. The van der Waals surface area contributed by atoms with E-state index >= 15 is 0 Å². The van der Waals surface area contributed by atoms with Crippen LogP contribution in [0.3, 0.4) is 0 Å². The van der Waals surface area contributed by atoms with Gasteiger partial charge in [0.15, 0.2) is 5.78 Å². The number of rotatable bonds is 4. The summed E-state index contributed by atoms with van der Waals surface area (Å²) in [7, 11) is 0. The Balaban J connectivity index is 1.81. The molecule has 1 N–H and O–H groups in total. The van der Waals surface area contributed by atoms with Crippen molar-refractivity contribution in [1.29, 1.82) is 0 Å². The van der Waals surface area contributed by atoms with Gasteiger partial charge in [-0.15, -0.1) is 0 Å². The summed E-state index contributed by atoms with van der Waals surface area (Å²) in [6, 6.07) is 9.88. The van der Waals surface area contributed by atoms with Crippen molar-refractivity contribution < 1.29 is 14.6 Å². The van der Waals surface area contributed by atoms with E-state index in [9.17, 15) is 9.90 Å². The van der Waals surface area contributed by atoms with Gasteiger partial charge in [0.1, 0.15) is 0 Å². The fraction of sp³-hybridized carbons (Fsp3) is 0.357. The highest BCUT2D eigenvalue weighted by molar-refractivity contribution is 5.91. The number of ketones is 1. The summed E-state index contributed by atoms with van der Waals surface area (Å²) < 4.78 is 5.52. The molecule has 0 radical (unpaired) electrons. The molecule has 3 heteroatoms. The molecule has 0 amide bonds. The Morgan fingerprint density at radius 1 is 1.18 bits per heavy atom. The molecule has 0 saturated carbocycles. The molecule has 0 saturated heterocycles. The Morgan fingerprint density at radius 3 is 2.65 bits per heavy atom. The van der Waals surface area contributed by atoms with Crippen LogP contribution in [-0.2, 0) is 16.1 Å². The standard InChI is InChI=1S/C14H16O3/c15-13-6-12(7-14(16)8-13)10-17-9-11-4-2-1-3-5-11/h1-6,14,16H,7-10H2. The van der Waals surface area contributed by atoms with Crippen LogP contribution in [0.4, 0.5) is 0 Å². The number of hydrogen-bond donors (Lipinski definition) is 1. The van der Waals surface area contributed by atoms with Gasteiger partial charge in [0.05, 0.1) is 19.3 Å². The molecule has 3 nitrogen and oxygen atoms in total. The average Bonchev–Trinajstić information content (AvgIpc) is 2.29. The van der Waals surface area contributed by atoms with E-state index in [2.05, 4.69) is 0 Å². The zero-order valence-electron chi connectivity index (χ0n) is 9.63. The summed E-state index contributed by atoms with van der Waals surface area (Å²) in [6.07, 6.45) is 1.84. The van der Waals surface area contributed by atoms with E-state index in [-0.39, 0.29) is 12.2 Å². The third kappa shape index (κ3) is 3.80. The normalized spacial score (nSPS) is 20.2. The highest BCUT2D eigenvalue weighted by atomic mass is 16.5. The predicted octanol–water partition coefficient (Wildman–Crippen LogP) is 1.85. The molecule has 1 unspecified atom stereocenters. The number of aliphatic hydroxyl groups is 1. The molecule has 1 aliphatic carbocycles. The number of allylic oxidation sites excluding steroid dienone is 1. The molecule has 0 bridgehead atoms. The van der Waals surface area contributed by atoms with Crippen molar-refractivity contribution in [3.8, 4) is 0 Å². The Morgan fingerprint density at radius 2 is 1.94 bits per heavy atom. The number of carbonyl (C=O) groups excluding carboxylic acids is 1. The third-order valence-electron chi connectivity index (χ3n) is 2.70. The van der Waals surface area contributed by atoms with Gasteiger partial charge in [-0.1, -0.05) is 30.3 Å². The maximum atomic E-state index is 11.2. The summed E-state index contributed by atoms with van der Waals surface area (Å²) in [5.41, 5.74) is 1.99. The quantitative estimate of drug-likeness (QED) is 0.861. The Bertz CT molecular complexity index is 409. The first-order chi connectivity index (χ1) is 8.24. The highest BCUT2D eigenvalue weighted by Crippen LogP contribution is 2.16. The number of carbonyl (C=O) groups is 1. The molecule has 90 valence electrons. The summed E-state index contributed by atoms with van der Waals surface area (Å²) in [5.74, 6) is -0.0120. The lowest BCUT2D eigenvalue weighted by Crippen LogP contribution is -2.20. The van der Waals surface area contributed by atoms with Gasteiger partial charge in [-0.05, 0) is 23.6 Å². The first-order valence-electron chi connectivity index (χ1n) is 5.76. The van der Waals surface area contributed by atoms with E-state index in [1.54, 1.807) is 6.08 Å². The molecular formula is C14H16O3. The van der Waals surface area contributed by atoms with Crippen LogP contribution in [0.25, 0.3) is 0 Å². The molecule has 0 aliphatic heterocycles. The van der Waals surface area contributed by atoms with Gasteiger partial charge < -0.3 is 9.84 Å². The second kappa shape index (κ2) is 5.75. The molecular weight excluding hydrogens is 216 g/mol. The van der Waals surface area contributed by atoms with Gasteiger partial charge in [-0.25, -0.2) is 0 Å². The maximum Gasteiger partial charge on any atom is 0.158 e. The lowest BCUT2D eigenvalue weighted by atomic mass is 9.96. The molecule has 1 aromatic carbocycles. The van der Waals surface area contributed by atoms with Crippen LogP contribution in [0, 0.1) is 0 Å². The van der Waals surface area contributed by atoms with Gasteiger partial charge in [0.2, 0.25) is 0 Å². The SMILES string of the molecule is O=C1C=C(COCc2ccccc2)CC(O)C1. The van der Waals surface area contributed by atoms with Crippen LogP contribution >= 0.6 is 0 Å². The fourth-order valence-electron chi connectivity index (χ4n) is 1.93. The fourth-order valence-corrected chi connectivity index (χ4v) is 1.93. The summed E-state index contributed by atoms with van der Waals surface area (Å²) >= 11 is 0. The smallest absolute Gasteiger partial charge is 0.158 e. The molecule has 1 aromatic rings. The van der Waals surface area contributed by atoms with Crippen molar-refractivity contribution in [3.63, 3.8) is 0 Å². The van der Waals surface area contributed by atoms with Gasteiger partial charge in [0.25, 0.3) is 0 Å². The molecule has 2 rings (SSSR count). The van der Waals surface area contributed by atoms with Crippen molar-refractivity contribution in [1.82, 2.24) is 0 Å². The third-order valence-corrected chi connectivity index (χ3v) is 2.70. The van der Waals surface area contributed by atoms with E-state index in [0.29, 0.717) is 19.6 Å². The summed E-state index contributed by atoms with van der Waals surface area (Å²) in [5, 5.41) is 9.45. The molecule has 17 heavy (non-hydrogen) atoms. The molecule has 1 atom stereocenters. The number of hydrogen-bond acceptors (Lipinski definition) is 3. The highest BCUT2D eigenvalue weighted by Gasteiger charge is 2.17. The molecule has 1 aliphatic rings. The van der Waals surface area contributed by atoms with E-state index in [4.69, 9.17) is 4.74 Å². The number of ether oxygens (including phenoxy) is 1. The van der Waals surface area contributed by atoms with E-state index in [1.165, 1.54) is 0 Å². The molecule has 0 heterocycles. The zero-order chi connectivity index (χ0) is 12.1. The van der Waals surface area contributed by atoms with E-state index in [0.717, 1.165) is 11.1 Å². The van der Waals surface area contributed by atoms with Crippen molar-refractivity contribution in [2.75, 3.05) is 6.61 Å². The van der Waals surface area contributed by atoms with Crippen molar-refractivity contribution >= 4 is 5.78 Å². The van der Waals surface area contributed by atoms with E-state index < -0.39 is 6.10 Å². The second-order valence-electron chi connectivity index (χ2n) is 4.31. The lowest BCUT2D eigenvalue weighted by Gasteiger charge is -2.17. The second-order valence-corrected chi connectivity index (χ2v) is 4.31. The molecule has 0 fully saturated rings. The van der Waals surface area contributed by atoms with Gasteiger partial charge in [-0.3, -0.25) is 4.79 Å². The first kappa shape index (κ1) is 12.0. The Kier molecular flexibility index (Phi) is 4.07. The summed E-state index contributed by atoms with van der Waals surface area (Å²) in [6.45, 7) is 0.945. The minimum Gasteiger partial charge on any atom is -0.392 e. The Labute approximate surface area is 101 Å². The maximum absolute atomic E-state index is 11.2.